The number of nitrogens with one attached hydrogen (secondary N) is 2. The van der Waals surface area contributed by atoms with Gasteiger partial charge in [-0.25, -0.2) is 18.7 Å². The van der Waals surface area contributed by atoms with Crippen LogP contribution >= 0.6 is 0 Å². The van der Waals surface area contributed by atoms with Gasteiger partial charge in [-0.1, -0.05) is 6.07 Å². The largest absolute Gasteiger partial charge is 0.382 e. The minimum absolute atomic E-state index is 0.0511. The van der Waals surface area contributed by atoms with E-state index in [-0.39, 0.29) is 39.7 Å². The fraction of sp³-hybridized carbons (Fsp3) is 0.0556. The summed E-state index contributed by atoms with van der Waals surface area (Å²) in [5, 5.41) is 8.94. The summed E-state index contributed by atoms with van der Waals surface area (Å²) in [4.78, 5) is 32.3. The minimum Gasteiger partial charge on any atom is -0.382 e. The van der Waals surface area contributed by atoms with E-state index in [9.17, 15) is 18.4 Å². The van der Waals surface area contributed by atoms with Gasteiger partial charge in [0.1, 0.15) is 34.9 Å². The van der Waals surface area contributed by atoms with Crippen LogP contribution in [-0.2, 0) is 4.79 Å². The second kappa shape index (κ2) is 6.78. The molecule has 0 spiro atoms. The van der Waals surface area contributed by atoms with Gasteiger partial charge < -0.3 is 11.1 Å². The maximum Gasteiger partial charge on any atom is 0.268 e. The molecule has 4 aromatic rings. The van der Waals surface area contributed by atoms with E-state index in [1.807, 2.05) is 0 Å². The van der Waals surface area contributed by atoms with Gasteiger partial charge in [-0.2, -0.15) is 5.10 Å². The number of fused-ring (bicyclic) bond motifs is 1. The van der Waals surface area contributed by atoms with Crippen molar-refractivity contribution in [1.82, 2.24) is 24.7 Å². The zero-order valence-electron chi connectivity index (χ0n) is 14.9. The molecule has 0 saturated carbocycles. The number of H-pyrrole nitrogens is 1. The van der Waals surface area contributed by atoms with Gasteiger partial charge in [-0.05, 0) is 12.1 Å². The highest BCUT2D eigenvalue weighted by Gasteiger charge is 2.21. The lowest BCUT2D eigenvalue weighted by Gasteiger charge is -2.12. The Morgan fingerprint density at radius 3 is 2.66 bits per heavy atom. The van der Waals surface area contributed by atoms with Crippen LogP contribution in [0.5, 0.6) is 0 Å². The number of nitrogen functional groups attached to an aromatic ring is 1. The van der Waals surface area contributed by atoms with Crippen LogP contribution in [0.25, 0.3) is 27.8 Å². The van der Waals surface area contributed by atoms with Crippen LogP contribution < -0.4 is 16.6 Å². The fourth-order valence-electron chi connectivity index (χ4n) is 2.97. The highest BCUT2D eigenvalue weighted by Crippen LogP contribution is 2.29. The molecule has 1 aromatic carbocycles. The van der Waals surface area contributed by atoms with Crippen LogP contribution in [0.15, 0.2) is 41.6 Å². The molecular weight excluding hydrogens is 384 g/mol. The number of carbonyl (C=O) groups is 1. The lowest BCUT2D eigenvalue weighted by Crippen LogP contribution is -2.21. The number of amides is 1. The Bertz CT molecular complexity index is 1310. The molecule has 146 valence electrons. The molecule has 0 saturated heterocycles. The normalized spacial score (nSPS) is 11.0. The Hall–Kier alpha value is -4.15. The quantitative estimate of drug-likeness (QED) is 0.484. The highest BCUT2D eigenvalue weighted by molar-refractivity contribution is 5.98. The Morgan fingerprint density at radius 1 is 1.24 bits per heavy atom. The first-order valence-corrected chi connectivity index (χ1v) is 8.30. The summed E-state index contributed by atoms with van der Waals surface area (Å²) < 4.78 is 29.5. The van der Waals surface area contributed by atoms with E-state index in [0.29, 0.717) is 0 Å². The molecule has 9 nitrogen and oxygen atoms in total. The molecule has 0 aliphatic carbocycles. The fourth-order valence-corrected chi connectivity index (χ4v) is 2.97. The Kier molecular flexibility index (Phi) is 4.26. The maximum atomic E-state index is 14.4. The third kappa shape index (κ3) is 3.08. The van der Waals surface area contributed by atoms with Crippen LogP contribution in [0, 0.1) is 11.6 Å². The molecule has 0 bridgehead atoms. The highest BCUT2D eigenvalue weighted by atomic mass is 19.1. The molecule has 11 heteroatoms. The standard InChI is InChI=1S/C18H13F2N7O2/c1-8(28)24-13-5-12(22-7-23-13)9-6-27(16-10(19)3-2-4-11(16)20)18(29)14-15(9)25-26-17(14)21/h2-7H,1H3,(H3,21,25,26)(H,22,23,24,28). The van der Waals surface area contributed by atoms with Crippen molar-refractivity contribution in [2.75, 3.05) is 11.1 Å². The molecule has 0 aliphatic heterocycles. The van der Waals surface area contributed by atoms with Crippen molar-refractivity contribution in [2.45, 2.75) is 6.92 Å². The number of nitrogens with two attached hydrogens (primary N) is 1. The molecule has 3 aromatic heterocycles. The maximum absolute atomic E-state index is 14.4. The average Bonchev–Trinajstić information content (AvgIpc) is 3.05. The zero-order valence-corrected chi connectivity index (χ0v) is 14.9. The number of carbonyl (C=O) groups excluding carboxylic acids is 1. The second-order valence-electron chi connectivity index (χ2n) is 6.12. The first kappa shape index (κ1) is 18.2. The van der Waals surface area contributed by atoms with E-state index in [1.54, 1.807) is 0 Å². The smallest absolute Gasteiger partial charge is 0.268 e. The average molecular weight is 397 g/mol. The topological polar surface area (TPSA) is 132 Å². The first-order valence-electron chi connectivity index (χ1n) is 8.30. The predicted molar refractivity (Wildman–Crippen MR) is 101 cm³/mol. The van der Waals surface area contributed by atoms with Gasteiger partial charge in [-0.15, -0.1) is 0 Å². The number of hydrogen-bond acceptors (Lipinski definition) is 6. The minimum atomic E-state index is -0.930. The number of halogens is 2. The molecule has 0 fully saturated rings. The van der Waals surface area contributed by atoms with Crippen LogP contribution in [-0.4, -0.2) is 30.6 Å². The number of aromatic amines is 1. The van der Waals surface area contributed by atoms with Gasteiger partial charge in [-0.3, -0.25) is 19.3 Å². The number of rotatable bonds is 3. The molecular formula is C18H13F2N7O2. The summed E-state index contributed by atoms with van der Waals surface area (Å²) in [6, 6.07) is 4.70. The third-order valence-electron chi connectivity index (χ3n) is 4.18. The number of nitrogens with zero attached hydrogens (tertiary/aromatic N) is 4. The molecule has 4 rings (SSSR count). The van der Waals surface area contributed by atoms with E-state index in [2.05, 4.69) is 25.5 Å². The zero-order chi connectivity index (χ0) is 20.7. The number of hydrogen-bond donors (Lipinski definition) is 3. The molecule has 29 heavy (non-hydrogen) atoms. The summed E-state index contributed by atoms with van der Waals surface area (Å²) in [5.41, 5.74) is 5.27. The van der Waals surface area contributed by atoms with Gasteiger partial charge in [0.2, 0.25) is 5.91 Å². The van der Waals surface area contributed by atoms with Crippen LogP contribution in [0.3, 0.4) is 0 Å². The van der Waals surface area contributed by atoms with Crippen LogP contribution in [0.1, 0.15) is 6.92 Å². The summed E-state index contributed by atoms with van der Waals surface area (Å²) in [6.45, 7) is 1.32. The van der Waals surface area contributed by atoms with Gasteiger partial charge in [0, 0.05) is 24.8 Å². The summed E-state index contributed by atoms with van der Waals surface area (Å²) in [7, 11) is 0. The molecule has 4 N–H and O–H groups in total. The van der Waals surface area contributed by atoms with Crippen LogP contribution in [0.4, 0.5) is 20.4 Å². The van der Waals surface area contributed by atoms with Crippen LogP contribution in [0.2, 0.25) is 0 Å². The Balaban J connectivity index is 2.05. The van der Waals surface area contributed by atoms with Crippen molar-refractivity contribution in [3.8, 4) is 16.9 Å². The van der Waals surface area contributed by atoms with Crippen molar-refractivity contribution < 1.29 is 13.6 Å². The predicted octanol–water partition coefficient (Wildman–Crippen LogP) is 1.99. The van der Waals surface area contributed by atoms with Gasteiger partial charge in [0.05, 0.1) is 11.2 Å². The van der Waals surface area contributed by atoms with E-state index in [0.717, 1.165) is 16.7 Å². The number of anilines is 2. The molecule has 0 unspecified atom stereocenters. The Morgan fingerprint density at radius 2 is 1.97 bits per heavy atom. The summed E-state index contributed by atoms with van der Waals surface area (Å²) in [6.07, 6.45) is 2.43. The second-order valence-corrected chi connectivity index (χ2v) is 6.12. The van der Waals surface area contributed by atoms with E-state index in [1.165, 1.54) is 31.6 Å². The van der Waals surface area contributed by atoms with Crippen molar-refractivity contribution in [2.24, 2.45) is 0 Å². The van der Waals surface area contributed by atoms with Gasteiger partial charge >= 0.3 is 0 Å². The van der Waals surface area contributed by atoms with Gasteiger partial charge in [0.25, 0.3) is 5.56 Å². The molecule has 0 radical (unpaired) electrons. The molecule has 0 aliphatic rings. The van der Waals surface area contributed by atoms with Crippen molar-refractivity contribution >= 4 is 28.4 Å². The monoisotopic (exact) mass is 397 g/mol. The van der Waals surface area contributed by atoms with Crippen molar-refractivity contribution in [3.05, 3.63) is 58.8 Å². The number of para-hydroxylation sites is 1. The molecule has 3 heterocycles. The van der Waals surface area contributed by atoms with Gasteiger partial charge in [0.15, 0.2) is 5.82 Å². The SMILES string of the molecule is CC(=O)Nc1cc(-c2cn(-c3c(F)cccc3F)c(=O)c3c(N)n[nH]c23)ncn1. The van der Waals surface area contributed by atoms with E-state index >= 15 is 0 Å². The summed E-state index contributed by atoms with van der Waals surface area (Å²) in [5.74, 6) is -2.13. The number of benzene rings is 1. The van der Waals surface area contributed by atoms with E-state index in [4.69, 9.17) is 5.73 Å². The summed E-state index contributed by atoms with van der Waals surface area (Å²) >= 11 is 0. The lowest BCUT2D eigenvalue weighted by molar-refractivity contribution is -0.114. The number of aromatic nitrogens is 5. The molecule has 0 atom stereocenters. The first-order chi connectivity index (χ1) is 13.9. The lowest BCUT2D eigenvalue weighted by atomic mass is 10.1. The van der Waals surface area contributed by atoms with Crippen molar-refractivity contribution in [1.29, 1.82) is 0 Å². The third-order valence-corrected chi connectivity index (χ3v) is 4.18. The number of pyridine rings is 1. The molecule has 1 amide bonds. The Labute approximate surface area is 161 Å². The van der Waals surface area contributed by atoms with E-state index < -0.39 is 22.9 Å². The van der Waals surface area contributed by atoms with Crippen molar-refractivity contribution in [3.63, 3.8) is 0 Å².